The van der Waals surface area contributed by atoms with Crippen LogP contribution in [0.3, 0.4) is 0 Å². The van der Waals surface area contributed by atoms with Gasteiger partial charge in [-0.3, -0.25) is 4.79 Å². The van der Waals surface area contributed by atoms with E-state index in [1.807, 2.05) is 6.92 Å². The number of rotatable bonds is 1. The first-order valence-corrected chi connectivity index (χ1v) is 9.68. The molecule has 4 rings (SSSR count). The lowest BCUT2D eigenvalue weighted by molar-refractivity contribution is -0.300. The van der Waals surface area contributed by atoms with Crippen LogP contribution in [0.1, 0.15) is 59.3 Å². The fourth-order valence-corrected chi connectivity index (χ4v) is 6.79. The summed E-state index contributed by atoms with van der Waals surface area (Å²) in [4.78, 5) is 12.2. The number of ketones is 1. The first kappa shape index (κ1) is 17.4. The minimum atomic E-state index is -2.10. The molecule has 0 aliphatic heterocycles. The van der Waals surface area contributed by atoms with Gasteiger partial charge < -0.3 is 15.3 Å². The summed E-state index contributed by atoms with van der Waals surface area (Å²) in [6.07, 6.45) is 7.93. The van der Waals surface area contributed by atoms with Gasteiger partial charge in [-0.1, -0.05) is 30.2 Å². The standard InChI is InChI=1S/C21H30O4/c1-12(22)15-7-8-16-14-6-4-13-5-9-18(23)21(24,25)20(13,3)17(14)10-11-19(15,16)2/h4,6,15-18,23-25H,5,7-11H2,1-3H3/t15-,16+,17-,18?,19-,20-/m1/s1. The first-order valence-electron chi connectivity index (χ1n) is 9.68. The molecular weight excluding hydrogens is 316 g/mol. The van der Waals surface area contributed by atoms with E-state index < -0.39 is 17.3 Å². The van der Waals surface area contributed by atoms with Gasteiger partial charge in [0.05, 0.1) is 5.41 Å². The van der Waals surface area contributed by atoms with E-state index in [1.54, 1.807) is 6.92 Å². The average Bonchev–Trinajstić information content (AvgIpc) is 2.90. The summed E-state index contributed by atoms with van der Waals surface area (Å²) in [5.41, 5.74) is 1.45. The highest BCUT2D eigenvalue weighted by Crippen LogP contribution is 2.66. The van der Waals surface area contributed by atoms with E-state index in [0.717, 1.165) is 31.3 Å². The number of aliphatic hydroxyl groups excluding tert-OH is 1. The Hall–Kier alpha value is -0.970. The maximum atomic E-state index is 12.2. The summed E-state index contributed by atoms with van der Waals surface area (Å²) in [7, 11) is 0. The molecule has 138 valence electrons. The lowest BCUT2D eigenvalue weighted by atomic mass is 9.48. The van der Waals surface area contributed by atoms with Crippen LogP contribution in [0.5, 0.6) is 0 Å². The van der Waals surface area contributed by atoms with Gasteiger partial charge in [-0.25, -0.2) is 0 Å². The van der Waals surface area contributed by atoms with Crippen LogP contribution in [-0.2, 0) is 4.79 Å². The highest BCUT2D eigenvalue weighted by molar-refractivity contribution is 5.79. The number of fused-ring (bicyclic) bond motifs is 5. The van der Waals surface area contributed by atoms with Gasteiger partial charge in [-0.15, -0.1) is 0 Å². The molecular formula is C21H30O4. The monoisotopic (exact) mass is 346 g/mol. The number of hydrogen-bond donors (Lipinski definition) is 3. The Kier molecular flexibility index (Phi) is 3.68. The van der Waals surface area contributed by atoms with Crippen molar-refractivity contribution in [3.8, 4) is 0 Å². The van der Waals surface area contributed by atoms with Crippen LogP contribution in [0.15, 0.2) is 23.3 Å². The van der Waals surface area contributed by atoms with Gasteiger partial charge in [0.2, 0.25) is 0 Å². The zero-order chi connectivity index (χ0) is 18.2. The SMILES string of the molecule is CC(=O)[C@H]1CC[C@H]2C3=CC=C4CCC(O)C(O)(O)[C@@]4(C)[C@@H]3CC[C@]12C. The molecule has 25 heavy (non-hydrogen) atoms. The molecule has 6 atom stereocenters. The Morgan fingerprint density at radius 1 is 1.08 bits per heavy atom. The highest BCUT2D eigenvalue weighted by Gasteiger charge is 2.64. The van der Waals surface area contributed by atoms with E-state index in [4.69, 9.17) is 0 Å². The highest BCUT2D eigenvalue weighted by atomic mass is 16.5. The van der Waals surface area contributed by atoms with Crippen molar-refractivity contribution in [2.75, 3.05) is 0 Å². The van der Waals surface area contributed by atoms with Gasteiger partial charge in [-0.05, 0) is 69.6 Å². The molecule has 4 nitrogen and oxygen atoms in total. The van der Waals surface area contributed by atoms with Gasteiger partial charge in [0, 0.05) is 5.92 Å². The quantitative estimate of drug-likeness (QED) is 0.638. The normalized spacial score (nSPS) is 47.9. The molecule has 0 aromatic rings. The third-order valence-electron chi connectivity index (χ3n) is 8.36. The lowest BCUT2D eigenvalue weighted by Gasteiger charge is -2.58. The fourth-order valence-electron chi connectivity index (χ4n) is 6.79. The Balaban J connectivity index is 1.78. The summed E-state index contributed by atoms with van der Waals surface area (Å²) in [6.45, 7) is 5.87. The zero-order valence-corrected chi connectivity index (χ0v) is 15.5. The molecule has 0 aromatic heterocycles. The molecule has 3 fully saturated rings. The Morgan fingerprint density at radius 2 is 1.80 bits per heavy atom. The molecule has 0 aromatic carbocycles. The number of hydrogen-bond acceptors (Lipinski definition) is 4. The summed E-state index contributed by atoms with van der Waals surface area (Å²) in [6, 6.07) is 0. The second-order valence-corrected chi connectivity index (χ2v) is 9.23. The minimum Gasteiger partial charge on any atom is -0.387 e. The number of Topliss-reactive ketones (excluding diaryl/α,β-unsaturated/α-hetero) is 1. The smallest absolute Gasteiger partial charge is 0.199 e. The molecule has 4 aliphatic rings. The molecule has 3 N–H and O–H groups in total. The van der Waals surface area contributed by atoms with Crippen LogP contribution in [0.25, 0.3) is 0 Å². The van der Waals surface area contributed by atoms with Gasteiger partial charge >= 0.3 is 0 Å². The van der Waals surface area contributed by atoms with Crippen molar-refractivity contribution < 1.29 is 20.1 Å². The largest absolute Gasteiger partial charge is 0.387 e. The first-order chi connectivity index (χ1) is 11.6. The Bertz CT molecular complexity index is 675. The molecule has 0 heterocycles. The van der Waals surface area contributed by atoms with Gasteiger partial charge in [-0.2, -0.15) is 0 Å². The van der Waals surface area contributed by atoms with Crippen molar-refractivity contribution in [1.82, 2.24) is 0 Å². The summed E-state index contributed by atoms with van der Waals surface area (Å²) in [5.74, 6) is -1.35. The van der Waals surface area contributed by atoms with Crippen molar-refractivity contribution in [3.05, 3.63) is 23.3 Å². The minimum absolute atomic E-state index is 0.0171. The van der Waals surface area contributed by atoms with E-state index >= 15 is 0 Å². The molecule has 4 heteroatoms. The van der Waals surface area contributed by atoms with Crippen LogP contribution < -0.4 is 0 Å². The molecule has 1 unspecified atom stereocenters. The van der Waals surface area contributed by atoms with Gasteiger partial charge in [0.15, 0.2) is 5.79 Å². The van der Waals surface area contributed by atoms with Crippen molar-refractivity contribution in [2.45, 2.75) is 71.2 Å². The number of carbonyl (C=O) groups is 1. The van der Waals surface area contributed by atoms with Crippen molar-refractivity contribution in [1.29, 1.82) is 0 Å². The Morgan fingerprint density at radius 3 is 2.48 bits per heavy atom. The van der Waals surface area contributed by atoms with Gasteiger partial charge in [0.25, 0.3) is 0 Å². The maximum Gasteiger partial charge on any atom is 0.199 e. The van der Waals surface area contributed by atoms with E-state index in [9.17, 15) is 20.1 Å². The molecule has 0 bridgehead atoms. The van der Waals surface area contributed by atoms with Crippen LogP contribution in [0.2, 0.25) is 0 Å². The molecule has 4 aliphatic carbocycles. The van der Waals surface area contributed by atoms with E-state index in [0.29, 0.717) is 18.8 Å². The molecule has 0 spiro atoms. The summed E-state index contributed by atoms with van der Waals surface area (Å²) >= 11 is 0. The number of aliphatic hydroxyl groups is 3. The summed E-state index contributed by atoms with van der Waals surface area (Å²) < 4.78 is 0. The van der Waals surface area contributed by atoms with E-state index in [-0.39, 0.29) is 23.0 Å². The Labute approximate surface area is 149 Å². The predicted molar refractivity (Wildman–Crippen MR) is 94.4 cm³/mol. The fraction of sp³-hybridized carbons (Fsp3) is 0.762. The van der Waals surface area contributed by atoms with E-state index in [2.05, 4.69) is 19.1 Å². The third-order valence-corrected chi connectivity index (χ3v) is 8.36. The van der Waals surface area contributed by atoms with Crippen LogP contribution in [0.4, 0.5) is 0 Å². The zero-order valence-electron chi connectivity index (χ0n) is 15.5. The third kappa shape index (κ3) is 2.02. The number of carbonyl (C=O) groups excluding carboxylic acids is 1. The second-order valence-electron chi connectivity index (χ2n) is 9.23. The van der Waals surface area contributed by atoms with Crippen LogP contribution in [-0.4, -0.2) is 33.0 Å². The van der Waals surface area contributed by atoms with E-state index in [1.165, 1.54) is 5.57 Å². The number of allylic oxidation sites excluding steroid dienone is 3. The molecule has 0 radical (unpaired) electrons. The van der Waals surface area contributed by atoms with Crippen LogP contribution in [0, 0.1) is 28.6 Å². The van der Waals surface area contributed by atoms with Crippen molar-refractivity contribution in [2.24, 2.45) is 28.6 Å². The van der Waals surface area contributed by atoms with Crippen molar-refractivity contribution in [3.63, 3.8) is 0 Å². The van der Waals surface area contributed by atoms with Crippen LogP contribution >= 0.6 is 0 Å². The maximum absolute atomic E-state index is 12.2. The molecule has 0 amide bonds. The van der Waals surface area contributed by atoms with Gasteiger partial charge in [0.1, 0.15) is 11.9 Å². The predicted octanol–water partition coefficient (Wildman–Crippen LogP) is 2.73. The molecule has 3 saturated carbocycles. The molecule has 0 saturated heterocycles. The lowest BCUT2D eigenvalue weighted by Crippen LogP contribution is -2.63. The second kappa shape index (κ2) is 5.28. The topological polar surface area (TPSA) is 77.8 Å². The average molecular weight is 346 g/mol. The summed E-state index contributed by atoms with van der Waals surface area (Å²) in [5, 5.41) is 32.0. The van der Waals surface area contributed by atoms with Crippen molar-refractivity contribution >= 4 is 5.78 Å².